The fourth-order valence-electron chi connectivity index (χ4n) is 0.232. The Morgan fingerprint density at radius 2 is 2.17 bits per heavy atom. The molecule has 0 aromatic rings. The Bertz CT molecular complexity index is 168. The third-order valence-electron chi connectivity index (χ3n) is 0.523. The molecule has 0 spiro atoms. The van der Waals surface area contributed by atoms with E-state index in [1.165, 1.54) is 0 Å². The molecule has 0 rings (SSSR count). The van der Waals surface area contributed by atoms with Gasteiger partial charge in [-0.2, -0.15) is 0 Å². The summed E-state index contributed by atoms with van der Waals surface area (Å²) < 4.78 is 3.92. The van der Waals surface area contributed by atoms with E-state index in [-0.39, 0.29) is 0 Å². The van der Waals surface area contributed by atoms with Crippen LogP contribution in [0.1, 0.15) is 0 Å². The normalized spacial score (nSPS) is 10.9. The summed E-state index contributed by atoms with van der Waals surface area (Å²) >= 11 is 21.1. The molecule has 0 aliphatic rings. The summed E-state index contributed by atoms with van der Waals surface area (Å²) in [6.45, 7) is 3.83. The molecule has 0 saturated heterocycles. The lowest BCUT2D eigenvalue weighted by Crippen LogP contribution is -1.97. The van der Waals surface area contributed by atoms with Gasteiger partial charge in [-0.1, -0.05) is 47.5 Å². The summed E-state index contributed by atoms with van der Waals surface area (Å²) in [6, 6.07) is 0. The Labute approximate surface area is 99.5 Å². The third kappa shape index (κ3) is 9.29. The number of thiocarbonyl (C=S) groups is 1. The molecule has 0 fully saturated rings. The van der Waals surface area contributed by atoms with Gasteiger partial charge in [0.1, 0.15) is 6.61 Å². The van der Waals surface area contributed by atoms with Crippen molar-refractivity contribution in [2.45, 2.75) is 3.12 Å². The van der Waals surface area contributed by atoms with Crippen molar-refractivity contribution in [3.8, 4) is 0 Å². The van der Waals surface area contributed by atoms with Crippen LogP contribution < -0.4 is 0 Å². The molecule has 0 aliphatic heterocycles. The minimum absolute atomic E-state index is 0.325. The maximum absolute atomic E-state index is 5.45. The number of alkyl halides is 3. The fraction of sp³-hybridized carbons (Fsp3) is 0.400. The molecule has 0 radical (unpaired) electrons. The van der Waals surface area contributed by atoms with Crippen LogP contribution in [0.2, 0.25) is 0 Å². The molecule has 0 unspecified atom stereocenters. The zero-order valence-corrected chi connectivity index (χ0v) is 10.5. The van der Waals surface area contributed by atoms with Crippen molar-refractivity contribution in [3.05, 3.63) is 12.7 Å². The van der Waals surface area contributed by atoms with Crippen LogP contribution in [0.15, 0.2) is 12.7 Å². The molecule has 0 saturated carbocycles. The molecule has 0 aliphatic carbocycles. The van der Waals surface area contributed by atoms with Crippen LogP contribution in [0.25, 0.3) is 0 Å². The van der Waals surface area contributed by atoms with Crippen molar-refractivity contribution in [1.82, 2.24) is 0 Å². The largest absolute Gasteiger partial charge is 0.474 e. The summed E-state index contributed by atoms with van der Waals surface area (Å²) in [5.41, 5.74) is 0. The zero-order valence-electron chi connectivity index (χ0n) is 5.76. The van der Waals surface area contributed by atoms with Crippen LogP contribution in [-0.4, -0.2) is 14.1 Å². The van der Waals surface area contributed by atoms with Crippen molar-refractivity contribution < 1.29 is 4.74 Å². The molecule has 7 heteroatoms. The highest BCUT2D eigenvalue weighted by Crippen LogP contribution is 2.46. The summed E-state index contributed by atoms with van der Waals surface area (Å²) in [5.74, 6) is 0. The van der Waals surface area contributed by atoms with E-state index in [0.717, 1.165) is 21.6 Å². The van der Waals surface area contributed by atoms with Gasteiger partial charge in [0.15, 0.2) is 0 Å². The van der Waals surface area contributed by atoms with E-state index < -0.39 is 3.12 Å². The summed E-state index contributed by atoms with van der Waals surface area (Å²) in [5, 5.41) is 0. The average Bonchev–Trinajstić information content (AvgIpc) is 1.95. The molecular weight excluding hydrogens is 279 g/mol. The zero-order chi connectivity index (χ0) is 9.61. The first-order chi connectivity index (χ1) is 5.45. The minimum Gasteiger partial charge on any atom is -0.474 e. The number of hydrogen-bond donors (Lipinski definition) is 0. The van der Waals surface area contributed by atoms with E-state index in [4.69, 9.17) is 51.8 Å². The van der Waals surface area contributed by atoms with Gasteiger partial charge in [0.25, 0.3) is 0 Å². The Hall–Kier alpha value is 1.20. The van der Waals surface area contributed by atoms with E-state index in [2.05, 4.69) is 6.58 Å². The van der Waals surface area contributed by atoms with Crippen molar-refractivity contribution >= 4 is 73.0 Å². The van der Waals surface area contributed by atoms with Gasteiger partial charge in [-0.05, 0) is 33.8 Å². The van der Waals surface area contributed by atoms with E-state index in [9.17, 15) is 0 Å². The van der Waals surface area contributed by atoms with Gasteiger partial charge < -0.3 is 4.74 Å². The molecule has 0 atom stereocenters. The average molecular weight is 284 g/mol. The van der Waals surface area contributed by atoms with Gasteiger partial charge in [0, 0.05) is 0 Å². The molecule has 1 nitrogen and oxygen atoms in total. The van der Waals surface area contributed by atoms with Crippen molar-refractivity contribution in [1.29, 1.82) is 0 Å². The molecule has 70 valence electrons. The molecule has 0 N–H and O–H groups in total. The van der Waals surface area contributed by atoms with Gasteiger partial charge >= 0.3 is 0 Å². The summed E-state index contributed by atoms with van der Waals surface area (Å²) in [4.78, 5) is 0. The summed E-state index contributed by atoms with van der Waals surface area (Å²) in [7, 11) is 2.11. The quantitative estimate of drug-likeness (QED) is 0.332. The SMILES string of the molecule is C=CCOC(=S)SSC(Cl)(Cl)Cl. The molecule has 0 aromatic heterocycles. The van der Waals surface area contributed by atoms with Crippen molar-refractivity contribution in [2.75, 3.05) is 6.61 Å². The first-order valence-electron chi connectivity index (χ1n) is 2.66. The molecule has 12 heavy (non-hydrogen) atoms. The van der Waals surface area contributed by atoms with E-state index in [1.807, 2.05) is 0 Å². The number of halogens is 3. The summed E-state index contributed by atoms with van der Waals surface area (Å²) in [6.07, 6.45) is 1.59. The topological polar surface area (TPSA) is 9.23 Å². The van der Waals surface area contributed by atoms with E-state index in [1.54, 1.807) is 6.08 Å². The smallest absolute Gasteiger partial charge is 0.247 e. The Morgan fingerprint density at radius 1 is 1.58 bits per heavy atom. The lowest BCUT2D eigenvalue weighted by atomic mass is 10.7. The highest BCUT2D eigenvalue weighted by molar-refractivity contribution is 8.84. The predicted octanol–water partition coefficient (Wildman–Crippen LogP) is 4.18. The Kier molecular flexibility index (Phi) is 7.29. The van der Waals surface area contributed by atoms with Crippen LogP contribution in [0.5, 0.6) is 0 Å². The molecule has 0 aromatic carbocycles. The van der Waals surface area contributed by atoms with Crippen LogP contribution >= 0.6 is 68.6 Å². The van der Waals surface area contributed by atoms with Crippen LogP contribution in [0.3, 0.4) is 0 Å². The van der Waals surface area contributed by atoms with Crippen LogP contribution in [0, 0.1) is 0 Å². The van der Waals surface area contributed by atoms with Gasteiger partial charge in [-0.15, -0.1) is 0 Å². The highest BCUT2D eigenvalue weighted by atomic mass is 35.6. The Morgan fingerprint density at radius 3 is 2.58 bits per heavy atom. The fourth-order valence-corrected chi connectivity index (χ4v) is 2.37. The van der Waals surface area contributed by atoms with Crippen molar-refractivity contribution in [2.24, 2.45) is 0 Å². The van der Waals surface area contributed by atoms with Gasteiger partial charge in [0.2, 0.25) is 7.51 Å². The monoisotopic (exact) mass is 282 g/mol. The lowest BCUT2D eigenvalue weighted by Gasteiger charge is -2.08. The standard InChI is InChI=1S/C5H5Cl3OS3/c1-2-3-9-4(10)11-12-5(6,7)8/h2H,1,3H2. The van der Waals surface area contributed by atoms with Crippen LogP contribution in [0.4, 0.5) is 0 Å². The maximum atomic E-state index is 5.45. The molecular formula is C5H5Cl3OS3. The lowest BCUT2D eigenvalue weighted by molar-refractivity contribution is 0.371. The number of ether oxygens (including phenoxy) is 1. The number of rotatable bonds is 3. The second-order valence-corrected chi connectivity index (χ2v) is 7.36. The van der Waals surface area contributed by atoms with E-state index in [0.29, 0.717) is 11.0 Å². The minimum atomic E-state index is -1.37. The predicted molar refractivity (Wildman–Crippen MR) is 64.2 cm³/mol. The van der Waals surface area contributed by atoms with Gasteiger partial charge in [-0.25, -0.2) is 0 Å². The second-order valence-electron chi connectivity index (χ2n) is 1.46. The highest BCUT2D eigenvalue weighted by Gasteiger charge is 2.22. The Balaban J connectivity index is 3.51. The first-order valence-corrected chi connectivity index (χ1v) is 6.35. The second kappa shape index (κ2) is 6.62. The molecule has 0 heterocycles. The van der Waals surface area contributed by atoms with Crippen molar-refractivity contribution in [3.63, 3.8) is 0 Å². The molecule has 0 bridgehead atoms. The third-order valence-corrected chi connectivity index (χ3v) is 4.71. The van der Waals surface area contributed by atoms with E-state index >= 15 is 0 Å². The van der Waals surface area contributed by atoms with Gasteiger partial charge in [0.05, 0.1) is 0 Å². The van der Waals surface area contributed by atoms with Crippen LogP contribution in [-0.2, 0) is 4.74 Å². The maximum Gasteiger partial charge on any atom is 0.247 e. The first kappa shape index (κ1) is 13.2. The van der Waals surface area contributed by atoms with Gasteiger partial charge in [-0.3, -0.25) is 0 Å². The molecule has 0 amide bonds. The number of hydrogen-bond acceptors (Lipinski definition) is 4.